The highest BCUT2D eigenvalue weighted by atomic mass is 19.3. The molecular formula is C13H15F2NO2. The van der Waals surface area contributed by atoms with E-state index in [9.17, 15) is 13.6 Å². The van der Waals surface area contributed by atoms with Gasteiger partial charge in [-0.05, 0) is 18.9 Å². The van der Waals surface area contributed by atoms with Gasteiger partial charge >= 0.3 is 5.97 Å². The van der Waals surface area contributed by atoms with Gasteiger partial charge in [-0.15, -0.1) is 0 Å². The molecule has 0 radical (unpaired) electrons. The summed E-state index contributed by atoms with van der Waals surface area (Å²) in [5.41, 5.74) is 1.41. The van der Waals surface area contributed by atoms with E-state index < -0.39 is 18.3 Å². The van der Waals surface area contributed by atoms with Crippen LogP contribution < -0.4 is 5.32 Å². The van der Waals surface area contributed by atoms with Crippen LogP contribution in [0, 0.1) is 12.8 Å². The molecular weight excluding hydrogens is 240 g/mol. The van der Waals surface area contributed by atoms with Gasteiger partial charge in [-0.1, -0.05) is 23.8 Å². The predicted octanol–water partition coefficient (Wildman–Crippen LogP) is 2.67. The van der Waals surface area contributed by atoms with E-state index in [1.165, 1.54) is 6.07 Å². The van der Waals surface area contributed by atoms with Crippen molar-refractivity contribution in [2.75, 3.05) is 6.54 Å². The third-order valence-electron chi connectivity index (χ3n) is 3.33. The molecule has 18 heavy (non-hydrogen) atoms. The Morgan fingerprint density at radius 3 is 2.78 bits per heavy atom. The molecule has 0 aliphatic carbocycles. The van der Waals surface area contributed by atoms with Crippen molar-refractivity contribution in [2.45, 2.75) is 25.8 Å². The van der Waals surface area contributed by atoms with Crippen LogP contribution in [0.25, 0.3) is 0 Å². The van der Waals surface area contributed by atoms with Crippen LogP contribution in [0.4, 0.5) is 8.78 Å². The lowest BCUT2D eigenvalue weighted by molar-refractivity contribution is -0.141. The van der Waals surface area contributed by atoms with Crippen molar-refractivity contribution < 1.29 is 18.7 Å². The summed E-state index contributed by atoms with van der Waals surface area (Å²) < 4.78 is 25.8. The van der Waals surface area contributed by atoms with Crippen LogP contribution in [0.1, 0.15) is 35.6 Å². The number of hydrogen-bond acceptors (Lipinski definition) is 2. The summed E-state index contributed by atoms with van der Waals surface area (Å²) in [5, 5.41) is 11.9. The summed E-state index contributed by atoms with van der Waals surface area (Å²) in [6.45, 7) is 2.17. The fourth-order valence-electron chi connectivity index (χ4n) is 2.36. The number of hydrogen-bond donors (Lipinski definition) is 2. The van der Waals surface area contributed by atoms with Gasteiger partial charge in [0.1, 0.15) is 0 Å². The largest absolute Gasteiger partial charge is 0.481 e. The van der Waals surface area contributed by atoms with E-state index in [0.29, 0.717) is 18.5 Å². The Bertz CT molecular complexity index is 462. The van der Waals surface area contributed by atoms with Crippen molar-refractivity contribution in [3.05, 3.63) is 34.9 Å². The number of carboxylic acids is 1. The Labute approximate surface area is 104 Å². The van der Waals surface area contributed by atoms with Gasteiger partial charge in [0.15, 0.2) is 0 Å². The molecule has 1 saturated heterocycles. The molecule has 2 unspecified atom stereocenters. The SMILES string of the molecule is Cc1ccc(C(F)F)c(C2CC(C(=O)O)CN2)c1. The van der Waals surface area contributed by atoms with E-state index in [4.69, 9.17) is 5.11 Å². The fourth-order valence-corrected chi connectivity index (χ4v) is 2.36. The average Bonchev–Trinajstić information content (AvgIpc) is 2.77. The Morgan fingerprint density at radius 2 is 2.22 bits per heavy atom. The molecule has 0 bridgehead atoms. The van der Waals surface area contributed by atoms with Crippen LogP contribution in [-0.2, 0) is 4.79 Å². The van der Waals surface area contributed by atoms with E-state index >= 15 is 0 Å². The quantitative estimate of drug-likeness (QED) is 0.873. The summed E-state index contributed by atoms with van der Waals surface area (Å²) in [4.78, 5) is 10.9. The molecule has 2 N–H and O–H groups in total. The first-order valence-corrected chi connectivity index (χ1v) is 5.84. The molecule has 1 fully saturated rings. The lowest BCUT2D eigenvalue weighted by atomic mass is 9.94. The number of halogens is 2. The van der Waals surface area contributed by atoms with Crippen molar-refractivity contribution in [1.29, 1.82) is 0 Å². The number of benzene rings is 1. The molecule has 2 rings (SSSR count). The van der Waals surface area contributed by atoms with Gasteiger partial charge in [-0.3, -0.25) is 4.79 Å². The molecule has 98 valence electrons. The minimum atomic E-state index is -2.54. The van der Waals surface area contributed by atoms with Crippen molar-refractivity contribution in [3.63, 3.8) is 0 Å². The minimum Gasteiger partial charge on any atom is -0.481 e. The van der Waals surface area contributed by atoms with Crippen LogP contribution in [0.2, 0.25) is 0 Å². The summed E-state index contributed by atoms with van der Waals surface area (Å²) in [6, 6.07) is 4.48. The van der Waals surface area contributed by atoms with Crippen molar-refractivity contribution in [2.24, 2.45) is 5.92 Å². The third-order valence-corrected chi connectivity index (χ3v) is 3.33. The zero-order valence-corrected chi connectivity index (χ0v) is 9.99. The maximum absolute atomic E-state index is 12.9. The molecule has 0 saturated carbocycles. The lowest BCUT2D eigenvalue weighted by Crippen LogP contribution is -2.18. The Kier molecular flexibility index (Phi) is 3.61. The predicted molar refractivity (Wildman–Crippen MR) is 62.6 cm³/mol. The smallest absolute Gasteiger partial charge is 0.307 e. The van der Waals surface area contributed by atoms with Crippen molar-refractivity contribution >= 4 is 5.97 Å². The maximum Gasteiger partial charge on any atom is 0.307 e. The van der Waals surface area contributed by atoms with E-state index in [1.807, 2.05) is 6.92 Å². The fraction of sp³-hybridized carbons (Fsp3) is 0.462. The topological polar surface area (TPSA) is 49.3 Å². The second-order valence-electron chi connectivity index (χ2n) is 4.66. The molecule has 1 aliphatic heterocycles. The van der Waals surface area contributed by atoms with Crippen molar-refractivity contribution in [3.8, 4) is 0 Å². The van der Waals surface area contributed by atoms with Gasteiger partial charge in [-0.25, -0.2) is 8.78 Å². The number of carbonyl (C=O) groups is 1. The summed E-state index contributed by atoms with van der Waals surface area (Å²) >= 11 is 0. The Balaban J connectivity index is 2.28. The van der Waals surface area contributed by atoms with Crippen LogP contribution in [-0.4, -0.2) is 17.6 Å². The second kappa shape index (κ2) is 5.02. The van der Waals surface area contributed by atoms with Gasteiger partial charge < -0.3 is 10.4 Å². The van der Waals surface area contributed by atoms with E-state index in [-0.39, 0.29) is 11.6 Å². The first-order chi connectivity index (χ1) is 8.49. The normalized spacial score (nSPS) is 23.6. The highest BCUT2D eigenvalue weighted by molar-refractivity contribution is 5.70. The number of nitrogens with one attached hydrogen (secondary N) is 1. The number of aliphatic carboxylic acids is 1. The maximum atomic E-state index is 12.9. The first-order valence-electron chi connectivity index (χ1n) is 5.84. The standard InChI is InChI=1S/C13H15F2NO2/c1-7-2-3-9(12(14)15)10(4-7)11-5-8(6-16-11)13(17)18/h2-4,8,11-12,16H,5-6H2,1H3,(H,17,18). The first kappa shape index (κ1) is 13.0. The van der Waals surface area contributed by atoms with Crippen molar-refractivity contribution in [1.82, 2.24) is 5.32 Å². The van der Waals surface area contributed by atoms with Gasteiger partial charge in [0.2, 0.25) is 0 Å². The molecule has 0 spiro atoms. The summed E-state index contributed by atoms with van der Waals surface area (Å²) in [6.07, 6.45) is -2.18. The van der Waals surface area contributed by atoms with Gasteiger partial charge in [0.25, 0.3) is 6.43 Å². The summed E-state index contributed by atoms with van der Waals surface area (Å²) in [7, 11) is 0. The number of alkyl halides is 2. The van der Waals surface area contributed by atoms with Gasteiger partial charge in [-0.2, -0.15) is 0 Å². The number of rotatable bonds is 3. The van der Waals surface area contributed by atoms with Crippen LogP contribution in [0.5, 0.6) is 0 Å². The molecule has 1 aromatic carbocycles. The highest BCUT2D eigenvalue weighted by Gasteiger charge is 2.32. The minimum absolute atomic E-state index is 0.0101. The molecule has 0 amide bonds. The number of carboxylic acid groups (broad SMARTS) is 1. The lowest BCUT2D eigenvalue weighted by Gasteiger charge is -2.16. The van der Waals surface area contributed by atoms with Crippen LogP contribution in [0.3, 0.4) is 0 Å². The third kappa shape index (κ3) is 2.51. The Morgan fingerprint density at radius 1 is 1.50 bits per heavy atom. The molecule has 1 aromatic rings. The molecule has 5 heteroatoms. The monoisotopic (exact) mass is 255 g/mol. The van der Waals surface area contributed by atoms with E-state index in [0.717, 1.165) is 5.56 Å². The highest BCUT2D eigenvalue weighted by Crippen LogP contribution is 2.34. The molecule has 1 heterocycles. The zero-order valence-electron chi connectivity index (χ0n) is 9.99. The van der Waals surface area contributed by atoms with Crippen LogP contribution in [0.15, 0.2) is 18.2 Å². The zero-order chi connectivity index (χ0) is 13.3. The summed E-state index contributed by atoms with van der Waals surface area (Å²) in [5.74, 6) is -1.38. The molecule has 2 atom stereocenters. The van der Waals surface area contributed by atoms with Gasteiger partial charge in [0.05, 0.1) is 5.92 Å². The van der Waals surface area contributed by atoms with E-state index in [1.54, 1.807) is 12.1 Å². The number of aryl methyl sites for hydroxylation is 1. The van der Waals surface area contributed by atoms with Gasteiger partial charge in [0, 0.05) is 18.2 Å². The van der Waals surface area contributed by atoms with Crippen LogP contribution >= 0.6 is 0 Å². The molecule has 0 aromatic heterocycles. The molecule has 1 aliphatic rings. The van der Waals surface area contributed by atoms with E-state index in [2.05, 4.69) is 5.32 Å². The molecule has 3 nitrogen and oxygen atoms in total. The average molecular weight is 255 g/mol. The Hall–Kier alpha value is -1.49. The second-order valence-corrected chi connectivity index (χ2v) is 4.66.